The number of nitrogens with one attached hydrogen (secondary N) is 2. The molecule has 1 aliphatic heterocycles. The van der Waals surface area contributed by atoms with Gasteiger partial charge in [0, 0.05) is 19.3 Å². The largest absolute Gasteiger partial charge is 0.371 e. The van der Waals surface area contributed by atoms with Crippen molar-refractivity contribution in [3.63, 3.8) is 0 Å². The summed E-state index contributed by atoms with van der Waals surface area (Å²) in [6.45, 7) is 5.30. The molecule has 22 heavy (non-hydrogen) atoms. The molecule has 2 N–H and O–H groups in total. The highest BCUT2D eigenvalue weighted by molar-refractivity contribution is 5.96. The number of aromatic amines is 2. The third-order valence-corrected chi connectivity index (χ3v) is 4.05. The summed E-state index contributed by atoms with van der Waals surface area (Å²) in [6.07, 6.45) is 3.41. The zero-order chi connectivity index (χ0) is 15.7. The minimum atomic E-state index is -0.324. The first-order valence-electron chi connectivity index (χ1n) is 7.63. The highest BCUT2D eigenvalue weighted by Crippen LogP contribution is 2.19. The van der Waals surface area contributed by atoms with Crippen LogP contribution >= 0.6 is 0 Å². The molecule has 118 valence electrons. The van der Waals surface area contributed by atoms with Crippen LogP contribution in [-0.4, -0.2) is 51.1 Å². The molecule has 0 saturated carbocycles. The molecular formula is C15H20N4O3. The maximum Gasteiger partial charge on any atom is 0.325 e. The maximum atomic E-state index is 12.7. The van der Waals surface area contributed by atoms with Gasteiger partial charge in [-0.25, -0.2) is 9.78 Å². The summed E-state index contributed by atoms with van der Waals surface area (Å²) in [5.41, 5.74) is 1.16. The molecule has 0 spiro atoms. The summed E-state index contributed by atoms with van der Waals surface area (Å²) >= 11 is 0. The van der Waals surface area contributed by atoms with Gasteiger partial charge < -0.3 is 14.6 Å². The van der Waals surface area contributed by atoms with Crippen molar-refractivity contribution in [3.8, 4) is 0 Å². The molecule has 2 aromatic rings. The predicted octanol–water partition coefficient (Wildman–Crippen LogP) is 1.28. The number of rotatable bonds is 3. The molecule has 2 unspecified atom stereocenters. The fourth-order valence-electron chi connectivity index (χ4n) is 2.76. The minimum absolute atomic E-state index is 0.0725. The Morgan fingerprint density at radius 2 is 2.00 bits per heavy atom. The Morgan fingerprint density at radius 1 is 1.32 bits per heavy atom. The van der Waals surface area contributed by atoms with E-state index in [1.165, 1.54) is 6.20 Å². The van der Waals surface area contributed by atoms with E-state index >= 15 is 0 Å². The number of imidazole rings is 1. The smallest absolute Gasteiger partial charge is 0.325 e. The van der Waals surface area contributed by atoms with Crippen LogP contribution in [0.4, 0.5) is 0 Å². The molecule has 1 amide bonds. The Hall–Kier alpha value is -2.15. The van der Waals surface area contributed by atoms with Crippen LogP contribution in [0.3, 0.4) is 0 Å². The van der Waals surface area contributed by atoms with Gasteiger partial charge in [-0.05, 0) is 18.9 Å². The lowest BCUT2D eigenvalue weighted by Crippen LogP contribution is -2.49. The maximum absolute atomic E-state index is 12.7. The number of hydrogen-bond donors (Lipinski definition) is 2. The van der Waals surface area contributed by atoms with E-state index in [2.05, 4.69) is 28.8 Å². The average Bonchev–Trinajstić information content (AvgIpc) is 2.92. The van der Waals surface area contributed by atoms with Gasteiger partial charge in [0.25, 0.3) is 5.91 Å². The molecule has 0 aromatic carbocycles. The number of morpholine rings is 1. The number of hydrogen-bond acceptors (Lipinski definition) is 4. The number of nitrogens with zero attached hydrogens (tertiary/aromatic N) is 2. The van der Waals surface area contributed by atoms with E-state index in [0.29, 0.717) is 29.8 Å². The van der Waals surface area contributed by atoms with Crippen molar-refractivity contribution < 1.29 is 9.53 Å². The molecule has 1 aliphatic rings. The van der Waals surface area contributed by atoms with Crippen LogP contribution in [-0.2, 0) is 4.74 Å². The van der Waals surface area contributed by atoms with Crippen molar-refractivity contribution in [2.45, 2.75) is 38.9 Å². The topological polar surface area (TPSA) is 91.1 Å². The van der Waals surface area contributed by atoms with E-state index in [1.54, 1.807) is 6.07 Å². The molecule has 3 heterocycles. The van der Waals surface area contributed by atoms with Gasteiger partial charge in [0.1, 0.15) is 0 Å². The van der Waals surface area contributed by atoms with E-state index in [4.69, 9.17) is 4.74 Å². The molecule has 1 saturated heterocycles. The molecular weight excluding hydrogens is 284 g/mol. The fourth-order valence-corrected chi connectivity index (χ4v) is 2.76. The van der Waals surface area contributed by atoms with Crippen molar-refractivity contribution in [3.05, 3.63) is 28.3 Å². The summed E-state index contributed by atoms with van der Waals surface area (Å²) in [7, 11) is 0. The van der Waals surface area contributed by atoms with E-state index < -0.39 is 0 Å². The lowest BCUT2D eigenvalue weighted by atomic mass is 10.1. The third-order valence-electron chi connectivity index (χ3n) is 4.05. The van der Waals surface area contributed by atoms with E-state index in [9.17, 15) is 9.59 Å². The Labute approximate surface area is 127 Å². The highest BCUT2D eigenvalue weighted by atomic mass is 16.5. The van der Waals surface area contributed by atoms with Crippen LogP contribution in [0.1, 0.15) is 37.0 Å². The fraction of sp³-hybridized carbons (Fsp3) is 0.533. The van der Waals surface area contributed by atoms with Crippen LogP contribution in [0.25, 0.3) is 11.2 Å². The zero-order valence-corrected chi connectivity index (χ0v) is 12.8. The summed E-state index contributed by atoms with van der Waals surface area (Å²) in [5.74, 6) is -0.0725. The molecule has 3 rings (SSSR count). The molecule has 0 radical (unpaired) electrons. The van der Waals surface area contributed by atoms with Gasteiger partial charge in [0.15, 0.2) is 5.65 Å². The van der Waals surface area contributed by atoms with E-state index in [0.717, 1.165) is 12.8 Å². The molecule has 2 atom stereocenters. The number of carbonyl (C=O) groups excluding carboxylic acids is 1. The molecule has 7 nitrogen and oxygen atoms in total. The van der Waals surface area contributed by atoms with Gasteiger partial charge in [0.2, 0.25) is 0 Å². The second-order valence-electron chi connectivity index (χ2n) is 5.61. The SMILES string of the molecule is CCC1CN(C(=O)c2cnc3[nH]c(=O)[nH]c3c2)CC(CC)O1. The molecule has 2 aromatic heterocycles. The highest BCUT2D eigenvalue weighted by Gasteiger charge is 2.29. The quantitative estimate of drug-likeness (QED) is 0.893. The number of pyridine rings is 1. The van der Waals surface area contributed by atoms with Crippen LogP contribution in [0, 0.1) is 0 Å². The first kappa shape index (κ1) is 14.8. The number of H-pyrrole nitrogens is 2. The minimum Gasteiger partial charge on any atom is -0.371 e. The first-order valence-corrected chi connectivity index (χ1v) is 7.63. The van der Waals surface area contributed by atoms with Gasteiger partial charge in [-0.15, -0.1) is 0 Å². The first-order chi connectivity index (χ1) is 10.6. The monoisotopic (exact) mass is 304 g/mol. The van der Waals surface area contributed by atoms with Crippen LogP contribution < -0.4 is 5.69 Å². The Bertz CT molecular complexity index is 724. The standard InChI is InChI=1S/C15H20N4O3/c1-3-10-7-19(8-11(4-2)22-10)14(20)9-5-12-13(16-6-9)18-15(21)17-12/h5-6,10-11H,3-4,7-8H2,1-2H3,(H2,16,17,18,21). The van der Waals surface area contributed by atoms with E-state index in [1.807, 2.05) is 4.90 Å². The summed E-state index contributed by atoms with van der Waals surface area (Å²) in [5, 5.41) is 0. The Kier molecular flexibility index (Phi) is 3.98. The lowest BCUT2D eigenvalue weighted by Gasteiger charge is -2.37. The zero-order valence-electron chi connectivity index (χ0n) is 12.8. The lowest BCUT2D eigenvalue weighted by molar-refractivity contribution is -0.0773. The Balaban J connectivity index is 1.85. The van der Waals surface area contributed by atoms with Gasteiger partial charge >= 0.3 is 5.69 Å². The summed E-state index contributed by atoms with van der Waals surface area (Å²) in [4.78, 5) is 35.1. The van der Waals surface area contributed by atoms with Crippen molar-refractivity contribution in [1.29, 1.82) is 0 Å². The molecule has 7 heteroatoms. The number of ether oxygens (including phenoxy) is 1. The molecule has 0 aliphatic carbocycles. The van der Waals surface area contributed by atoms with Crippen LogP contribution in [0.2, 0.25) is 0 Å². The van der Waals surface area contributed by atoms with Gasteiger partial charge in [-0.3, -0.25) is 9.78 Å². The summed E-state index contributed by atoms with van der Waals surface area (Å²) < 4.78 is 5.91. The van der Waals surface area contributed by atoms with Crippen molar-refractivity contribution in [1.82, 2.24) is 19.9 Å². The van der Waals surface area contributed by atoms with Crippen molar-refractivity contribution in [2.24, 2.45) is 0 Å². The number of amides is 1. The molecule has 1 fully saturated rings. The molecule has 0 bridgehead atoms. The second kappa shape index (κ2) is 5.92. The van der Waals surface area contributed by atoms with Crippen LogP contribution in [0.5, 0.6) is 0 Å². The van der Waals surface area contributed by atoms with Gasteiger partial charge in [0.05, 0.1) is 23.3 Å². The predicted molar refractivity (Wildman–Crippen MR) is 81.9 cm³/mol. The number of fused-ring (bicyclic) bond motifs is 1. The normalized spacial score (nSPS) is 22.2. The van der Waals surface area contributed by atoms with Crippen molar-refractivity contribution >= 4 is 17.1 Å². The van der Waals surface area contributed by atoms with Crippen molar-refractivity contribution in [2.75, 3.05) is 13.1 Å². The van der Waals surface area contributed by atoms with Gasteiger partial charge in [-0.2, -0.15) is 0 Å². The third kappa shape index (κ3) is 2.76. The van der Waals surface area contributed by atoms with E-state index in [-0.39, 0.29) is 23.8 Å². The van der Waals surface area contributed by atoms with Gasteiger partial charge in [-0.1, -0.05) is 13.8 Å². The Morgan fingerprint density at radius 3 is 2.64 bits per heavy atom. The number of carbonyl (C=O) groups is 1. The second-order valence-corrected chi connectivity index (χ2v) is 5.61. The van der Waals surface area contributed by atoms with Crippen LogP contribution in [0.15, 0.2) is 17.1 Å². The average molecular weight is 304 g/mol. The number of aromatic nitrogens is 3. The summed E-state index contributed by atoms with van der Waals surface area (Å²) in [6, 6.07) is 1.67.